The van der Waals surface area contributed by atoms with Gasteiger partial charge in [-0.15, -0.1) is 0 Å². The van der Waals surface area contributed by atoms with Crippen LogP contribution in [0.25, 0.3) is 0 Å². The lowest BCUT2D eigenvalue weighted by Crippen LogP contribution is -2.46. The quantitative estimate of drug-likeness (QED) is 0.571. The van der Waals surface area contributed by atoms with E-state index in [4.69, 9.17) is 19.2 Å². The zero-order valence-electron chi connectivity index (χ0n) is 21.0. The normalized spacial score (nSPS) is 19.1. The van der Waals surface area contributed by atoms with Gasteiger partial charge in [-0.25, -0.2) is 4.79 Å². The number of fused-ring (bicyclic) bond motifs is 1. The van der Waals surface area contributed by atoms with Crippen molar-refractivity contribution in [2.75, 3.05) is 46.3 Å². The van der Waals surface area contributed by atoms with E-state index in [0.717, 1.165) is 23.3 Å². The fourth-order valence-electron chi connectivity index (χ4n) is 5.15. The summed E-state index contributed by atoms with van der Waals surface area (Å²) in [6.45, 7) is 1.59. The maximum absolute atomic E-state index is 13.1. The first-order valence-corrected chi connectivity index (χ1v) is 12.1. The summed E-state index contributed by atoms with van der Waals surface area (Å²) in [6.07, 6.45) is 2.07. The number of benzene rings is 2. The second-order valence-electron chi connectivity index (χ2n) is 9.13. The van der Waals surface area contributed by atoms with Gasteiger partial charge in [0.1, 0.15) is 5.75 Å². The smallest absolute Gasteiger partial charge is 0.321 e. The number of aliphatic imine (C=N–C) groups is 1. The molecule has 36 heavy (non-hydrogen) atoms. The third-order valence-electron chi connectivity index (χ3n) is 7.02. The molecule has 0 aliphatic carbocycles. The zero-order chi connectivity index (χ0) is 25.7. The van der Waals surface area contributed by atoms with Gasteiger partial charge in [-0.2, -0.15) is 0 Å². The number of aliphatic carboxylic acids is 1. The van der Waals surface area contributed by atoms with Gasteiger partial charge in [-0.05, 0) is 60.9 Å². The van der Waals surface area contributed by atoms with Crippen LogP contribution in [0.2, 0.25) is 0 Å². The van der Waals surface area contributed by atoms with Crippen LogP contribution in [-0.2, 0) is 11.2 Å². The molecule has 2 heterocycles. The van der Waals surface area contributed by atoms with Gasteiger partial charge in [-0.1, -0.05) is 12.1 Å². The molecule has 2 aliphatic rings. The molecule has 2 atom stereocenters. The van der Waals surface area contributed by atoms with Crippen molar-refractivity contribution in [3.05, 3.63) is 47.5 Å². The van der Waals surface area contributed by atoms with E-state index in [-0.39, 0.29) is 24.3 Å². The molecule has 9 nitrogen and oxygen atoms in total. The molecule has 0 spiro atoms. The number of para-hydroxylation sites is 2. The molecule has 2 aliphatic heterocycles. The summed E-state index contributed by atoms with van der Waals surface area (Å²) in [5.74, 6) is 0.976. The Bertz CT molecular complexity index is 1150. The largest absolute Gasteiger partial charge is 0.495 e. The summed E-state index contributed by atoms with van der Waals surface area (Å²) in [5.41, 5.74) is 3.66. The second-order valence-corrected chi connectivity index (χ2v) is 9.13. The van der Waals surface area contributed by atoms with E-state index in [1.165, 1.54) is 0 Å². The highest BCUT2D eigenvalue weighted by atomic mass is 16.5. The molecule has 0 aromatic heterocycles. The number of methoxy groups -OCH3 is 3. The van der Waals surface area contributed by atoms with E-state index in [9.17, 15) is 14.7 Å². The molecule has 1 saturated heterocycles. The number of carbonyl (C=O) groups excluding carboxylic acids is 1. The number of hydrogen-bond donors (Lipinski definition) is 2. The van der Waals surface area contributed by atoms with Crippen LogP contribution in [0.3, 0.4) is 0 Å². The van der Waals surface area contributed by atoms with Gasteiger partial charge < -0.3 is 29.5 Å². The Morgan fingerprint density at radius 2 is 1.78 bits per heavy atom. The SMILES string of the molecule is COc1ccccc1NC(=O)N1CC[C@@H](CC(=O)O)[C@@H](CC2=NCCc3cc(OC)c(OC)cc32)C1. The molecule has 4 rings (SSSR count). The minimum absolute atomic E-state index is 0.0453. The van der Waals surface area contributed by atoms with Crippen LogP contribution in [0.15, 0.2) is 41.4 Å². The summed E-state index contributed by atoms with van der Waals surface area (Å²) < 4.78 is 16.3. The van der Waals surface area contributed by atoms with Crippen LogP contribution in [0.5, 0.6) is 17.2 Å². The lowest BCUT2D eigenvalue weighted by atomic mass is 9.78. The average molecular weight is 496 g/mol. The maximum Gasteiger partial charge on any atom is 0.321 e. The van der Waals surface area contributed by atoms with Gasteiger partial charge in [0.05, 0.1) is 27.0 Å². The Kier molecular flexibility index (Phi) is 7.97. The number of nitrogens with one attached hydrogen (secondary N) is 1. The molecule has 2 aromatic carbocycles. The van der Waals surface area contributed by atoms with E-state index in [1.807, 2.05) is 24.3 Å². The standard InChI is InChI=1S/C27H33N3O6/c1-34-23-7-5-4-6-21(23)29-27(33)30-11-9-17(14-26(31)32)19(16-30)12-22-20-15-25(36-3)24(35-2)13-18(20)8-10-28-22/h4-7,13,15,17,19H,8-12,14,16H2,1-3H3,(H,29,33)(H,31,32)/t17-,19-/m0/s1. The molecular formula is C27H33N3O6. The molecule has 0 bridgehead atoms. The van der Waals surface area contributed by atoms with Gasteiger partial charge in [0.15, 0.2) is 11.5 Å². The van der Waals surface area contributed by atoms with E-state index >= 15 is 0 Å². The number of hydrogen-bond acceptors (Lipinski definition) is 6. The van der Waals surface area contributed by atoms with Crippen molar-refractivity contribution in [1.29, 1.82) is 0 Å². The molecule has 9 heteroatoms. The van der Waals surface area contributed by atoms with Crippen molar-refractivity contribution in [3.8, 4) is 17.2 Å². The number of nitrogens with zero attached hydrogens (tertiary/aromatic N) is 2. The minimum Gasteiger partial charge on any atom is -0.495 e. The molecule has 0 saturated carbocycles. The average Bonchev–Trinajstić information content (AvgIpc) is 2.89. The predicted molar refractivity (Wildman–Crippen MR) is 137 cm³/mol. The first kappa shape index (κ1) is 25.3. The molecule has 2 N–H and O–H groups in total. The lowest BCUT2D eigenvalue weighted by Gasteiger charge is -2.38. The van der Waals surface area contributed by atoms with E-state index in [0.29, 0.717) is 55.4 Å². The molecule has 192 valence electrons. The van der Waals surface area contributed by atoms with Gasteiger partial charge >= 0.3 is 12.0 Å². The second kappa shape index (κ2) is 11.3. The van der Waals surface area contributed by atoms with E-state index in [2.05, 4.69) is 5.32 Å². The highest BCUT2D eigenvalue weighted by molar-refractivity contribution is 6.03. The van der Waals surface area contributed by atoms with Crippen molar-refractivity contribution >= 4 is 23.4 Å². The minimum atomic E-state index is -0.825. The topological polar surface area (TPSA) is 110 Å². The van der Waals surface area contributed by atoms with Gasteiger partial charge in [0.2, 0.25) is 0 Å². The van der Waals surface area contributed by atoms with Crippen LogP contribution >= 0.6 is 0 Å². The van der Waals surface area contributed by atoms with Crippen molar-refractivity contribution in [1.82, 2.24) is 4.90 Å². The van der Waals surface area contributed by atoms with Crippen molar-refractivity contribution in [2.45, 2.75) is 25.7 Å². The molecular weight excluding hydrogens is 462 g/mol. The zero-order valence-corrected chi connectivity index (χ0v) is 21.0. The van der Waals surface area contributed by atoms with Gasteiger partial charge in [0.25, 0.3) is 0 Å². The predicted octanol–water partition coefficient (Wildman–Crippen LogP) is 4.09. The summed E-state index contributed by atoms with van der Waals surface area (Å²) in [6, 6.07) is 11.0. The summed E-state index contributed by atoms with van der Waals surface area (Å²) in [5, 5.41) is 12.5. The Balaban J connectivity index is 1.55. The van der Waals surface area contributed by atoms with Crippen molar-refractivity contribution in [2.24, 2.45) is 16.8 Å². The molecule has 2 aromatic rings. The monoisotopic (exact) mass is 495 g/mol. The third-order valence-corrected chi connectivity index (χ3v) is 7.02. The number of anilines is 1. The Hall–Kier alpha value is -3.75. The number of likely N-dealkylation sites (tertiary alicyclic amines) is 1. The summed E-state index contributed by atoms with van der Waals surface area (Å²) >= 11 is 0. The van der Waals surface area contributed by atoms with E-state index < -0.39 is 5.97 Å². The van der Waals surface area contributed by atoms with Gasteiger partial charge in [0, 0.05) is 37.3 Å². The number of rotatable bonds is 8. The first-order valence-electron chi connectivity index (χ1n) is 12.1. The highest BCUT2D eigenvalue weighted by Gasteiger charge is 2.35. The Morgan fingerprint density at radius 3 is 2.50 bits per heavy atom. The maximum atomic E-state index is 13.1. The first-order chi connectivity index (χ1) is 17.4. The Labute approximate surface area is 211 Å². The fraction of sp³-hybridized carbons (Fsp3) is 0.444. The number of carboxylic acid groups (broad SMARTS) is 1. The summed E-state index contributed by atoms with van der Waals surface area (Å²) in [4.78, 5) is 31.3. The molecule has 2 amide bonds. The number of urea groups is 1. The van der Waals surface area contributed by atoms with Gasteiger partial charge in [-0.3, -0.25) is 9.79 Å². The van der Waals surface area contributed by atoms with Crippen molar-refractivity contribution in [3.63, 3.8) is 0 Å². The lowest BCUT2D eigenvalue weighted by molar-refractivity contribution is -0.138. The third kappa shape index (κ3) is 5.56. The van der Waals surface area contributed by atoms with Crippen LogP contribution < -0.4 is 19.5 Å². The Morgan fingerprint density at radius 1 is 1.06 bits per heavy atom. The fourth-order valence-corrected chi connectivity index (χ4v) is 5.15. The van der Waals surface area contributed by atoms with Crippen LogP contribution in [0.1, 0.15) is 30.4 Å². The molecule has 0 unspecified atom stereocenters. The molecule has 0 radical (unpaired) electrons. The number of carboxylic acids is 1. The van der Waals surface area contributed by atoms with Crippen LogP contribution in [0.4, 0.5) is 10.5 Å². The van der Waals surface area contributed by atoms with Crippen LogP contribution in [0, 0.1) is 11.8 Å². The van der Waals surface area contributed by atoms with E-state index in [1.54, 1.807) is 38.4 Å². The molecule has 1 fully saturated rings. The van der Waals surface area contributed by atoms with Crippen LogP contribution in [-0.4, -0.2) is 68.7 Å². The number of piperidine rings is 1. The number of carbonyl (C=O) groups is 2. The highest BCUT2D eigenvalue weighted by Crippen LogP contribution is 2.36. The van der Waals surface area contributed by atoms with Crippen molar-refractivity contribution < 1.29 is 28.9 Å². The summed E-state index contributed by atoms with van der Waals surface area (Å²) in [7, 11) is 4.78. The number of ether oxygens (including phenoxy) is 3. The number of amides is 2.